The van der Waals surface area contributed by atoms with Crippen LogP contribution in [0.3, 0.4) is 0 Å². The van der Waals surface area contributed by atoms with E-state index in [-0.39, 0.29) is 24.4 Å². The fourth-order valence-corrected chi connectivity index (χ4v) is 3.35. The van der Waals surface area contributed by atoms with Crippen LogP contribution < -0.4 is 0 Å². The molecular formula is C26H25NO4. The maximum Gasteiger partial charge on any atom is 0.250 e. The second-order valence-electron chi connectivity index (χ2n) is 7.45. The van der Waals surface area contributed by atoms with Crippen molar-refractivity contribution in [3.05, 3.63) is 101 Å². The van der Waals surface area contributed by atoms with Crippen LogP contribution >= 0.6 is 0 Å². The fourth-order valence-electron chi connectivity index (χ4n) is 3.35. The molecule has 0 aromatic heterocycles. The largest absolute Gasteiger partial charge is 0.507 e. The van der Waals surface area contributed by atoms with Crippen LogP contribution in [0, 0.1) is 6.92 Å². The lowest BCUT2D eigenvalue weighted by molar-refractivity contribution is -0.158. The number of nitrogens with zero attached hydrogens (tertiary/aromatic N) is 1. The Morgan fingerprint density at radius 1 is 0.839 bits per heavy atom. The molecule has 0 saturated heterocycles. The minimum Gasteiger partial charge on any atom is -0.507 e. The molecule has 0 bridgehead atoms. The van der Waals surface area contributed by atoms with Crippen LogP contribution in [0.2, 0.25) is 0 Å². The summed E-state index contributed by atoms with van der Waals surface area (Å²) in [5.41, 5.74) is 4.87. The van der Waals surface area contributed by atoms with Gasteiger partial charge < -0.3 is 5.11 Å². The second-order valence-corrected chi connectivity index (χ2v) is 7.45. The molecule has 0 fully saturated rings. The van der Waals surface area contributed by atoms with Gasteiger partial charge in [0.05, 0.1) is 6.42 Å². The molecule has 5 nitrogen and oxygen atoms in total. The van der Waals surface area contributed by atoms with Gasteiger partial charge in [0, 0.05) is 25.1 Å². The normalized spacial score (nSPS) is 11.3. The zero-order valence-electron chi connectivity index (χ0n) is 17.6. The number of ketones is 1. The Hall–Kier alpha value is -3.70. The van der Waals surface area contributed by atoms with Gasteiger partial charge in [0.1, 0.15) is 5.76 Å². The van der Waals surface area contributed by atoms with Gasteiger partial charge in [-0.25, -0.2) is 5.06 Å². The summed E-state index contributed by atoms with van der Waals surface area (Å²) in [5.74, 6) is -0.722. The highest BCUT2D eigenvalue weighted by molar-refractivity contribution is 5.97. The number of hydroxylamine groups is 2. The predicted molar refractivity (Wildman–Crippen MR) is 121 cm³/mol. The quantitative estimate of drug-likeness (QED) is 0.252. The molecule has 5 heteroatoms. The molecule has 158 valence electrons. The number of rotatable bonds is 7. The van der Waals surface area contributed by atoms with Crippen LogP contribution in [-0.4, -0.2) is 34.1 Å². The Kier molecular flexibility index (Phi) is 7.00. The van der Waals surface area contributed by atoms with E-state index in [9.17, 15) is 19.9 Å². The van der Waals surface area contributed by atoms with Crippen molar-refractivity contribution in [1.29, 1.82) is 0 Å². The lowest BCUT2D eigenvalue weighted by Gasteiger charge is -2.14. The number of hydrogen-bond acceptors (Lipinski definition) is 4. The van der Waals surface area contributed by atoms with Gasteiger partial charge in [-0.3, -0.25) is 14.8 Å². The summed E-state index contributed by atoms with van der Waals surface area (Å²) < 4.78 is 0. The van der Waals surface area contributed by atoms with E-state index in [1.54, 1.807) is 12.1 Å². The number of carbonyl (C=O) groups is 2. The summed E-state index contributed by atoms with van der Waals surface area (Å²) in [7, 11) is 1.30. The van der Waals surface area contributed by atoms with E-state index in [4.69, 9.17) is 0 Å². The number of likely N-dealkylation sites (N-methyl/N-ethyl adjacent to an activating group) is 1. The minimum absolute atomic E-state index is 0.0412. The molecule has 3 rings (SSSR count). The van der Waals surface area contributed by atoms with Gasteiger partial charge >= 0.3 is 0 Å². The maximum absolute atomic E-state index is 12.7. The van der Waals surface area contributed by atoms with Crippen LogP contribution in [0.15, 0.2) is 78.9 Å². The highest BCUT2D eigenvalue weighted by Gasteiger charge is 2.15. The third-order valence-electron chi connectivity index (χ3n) is 5.04. The Morgan fingerprint density at radius 3 is 1.90 bits per heavy atom. The Bertz CT molecular complexity index is 1110. The van der Waals surface area contributed by atoms with Gasteiger partial charge in [0.2, 0.25) is 5.91 Å². The second kappa shape index (κ2) is 9.87. The van der Waals surface area contributed by atoms with E-state index in [0.29, 0.717) is 10.6 Å². The number of hydrogen-bond donors (Lipinski definition) is 2. The average Bonchev–Trinajstić information content (AvgIpc) is 2.75. The third kappa shape index (κ3) is 5.68. The number of carbonyl (C=O) groups excluding carboxylic acids is 2. The fraction of sp³-hybridized carbons (Fsp3) is 0.154. The van der Waals surface area contributed by atoms with Gasteiger partial charge in [-0.2, -0.15) is 0 Å². The first-order valence-corrected chi connectivity index (χ1v) is 9.97. The molecule has 0 atom stereocenters. The number of aliphatic hydroxyl groups excluding tert-OH is 1. The summed E-state index contributed by atoms with van der Waals surface area (Å²) in [6, 6.07) is 22.2. The SMILES string of the molecule is Cc1ccc(/C(O)=C/C(=O)Cc2ccccc2-c2ccccc2CC(=O)N(C)O)cc1. The highest BCUT2D eigenvalue weighted by atomic mass is 16.5. The molecule has 31 heavy (non-hydrogen) atoms. The molecule has 2 N–H and O–H groups in total. The van der Waals surface area contributed by atoms with E-state index >= 15 is 0 Å². The molecular weight excluding hydrogens is 390 g/mol. The molecule has 0 saturated carbocycles. The Labute approximate surface area is 181 Å². The lowest BCUT2D eigenvalue weighted by Crippen LogP contribution is -2.24. The number of aliphatic hydroxyl groups is 1. The first-order chi connectivity index (χ1) is 14.8. The minimum atomic E-state index is -0.424. The van der Waals surface area contributed by atoms with Crippen LogP contribution in [0.5, 0.6) is 0 Å². The summed E-state index contributed by atoms with van der Waals surface area (Å²) in [6.07, 6.45) is 1.39. The monoisotopic (exact) mass is 415 g/mol. The van der Waals surface area contributed by atoms with Crippen LogP contribution in [0.25, 0.3) is 16.9 Å². The lowest BCUT2D eigenvalue weighted by atomic mass is 9.91. The van der Waals surface area contributed by atoms with Gasteiger partial charge in [-0.05, 0) is 29.2 Å². The standard InChI is InChI=1S/C26H25NO4/c1-18-11-13-19(14-12-18)25(29)17-22(28)15-20-7-3-5-9-23(20)24-10-6-4-8-21(24)16-26(30)27(2)31/h3-14,17,29,31H,15-16H2,1-2H3/b25-17-. The molecule has 0 unspecified atom stereocenters. The molecule has 0 spiro atoms. The molecule has 1 amide bonds. The molecule has 0 aliphatic heterocycles. The predicted octanol–water partition coefficient (Wildman–Crippen LogP) is 4.76. The van der Waals surface area contributed by atoms with E-state index in [0.717, 1.165) is 27.8 Å². The van der Waals surface area contributed by atoms with Crippen LogP contribution in [-0.2, 0) is 22.4 Å². The van der Waals surface area contributed by atoms with Crippen LogP contribution in [0.4, 0.5) is 0 Å². The first-order valence-electron chi connectivity index (χ1n) is 9.97. The zero-order valence-corrected chi connectivity index (χ0v) is 17.6. The summed E-state index contributed by atoms with van der Waals surface area (Å²) in [4.78, 5) is 24.7. The number of allylic oxidation sites excluding steroid dienone is 1. The van der Waals surface area contributed by atoms with Crippen molar-refractivity contribution in [3.63, 3.8) is 0 Å². The number of amides is 1. The summed E-state index contributed by atoms with van der Waals surface area (Å²) >= 11 is 0. The summed E-state index contributed by atoms with van der Waals surface area (Å²) in [5, 5.41) is 20.3. The molecule has 3 aromatic rings. The van der Waals surface area contributed by atoms with Crippen molar-refractivity contribution in [3.8, 4) is 11.1 Å². The van der Waals surface area contributed by atoms with Crippen molar-refractivity contribution in [1.82, 2.24) is 5.06 Å². The van der Waals surface area contributed by atoms with Crippen molar-refractivity contribution in [2.45, 2.75) is 19.8 Å². The Morgan fingerprint density at radius 2 is 1.35 bits per heavy atom. The van der Waals surface area contributed by atoms with E-state index < -0.39 is 5.91 Å². The van der Waals surface area contributed by atoms with Crippen molar-refractivity contribution in [2.75, 3.05) is 7.05 Å². The van der Waals surface area contributed by atoms with E-state index in [1.807, 2.05) is 67.6 Å². The van der Waals surface area contributed by atoms with Gasteiger partial charge in [0.15, 0.2) is 5.78 Å². The van der Waals surface area contributed by atoms with E-state index in [1.165, 1.54) is 13.1 Å². The highest BCUT2D eigenvalue weighted by Crippen LogP contribution is 2.28. The Balaban J connectivity index is 1.88. The van der Waals surface area contributed by atoms with Crippen molar-refractivity contribution in [2.24, 2.45) is 0 Å². The molecule has 0 radical (unpaired) electrons. The van der Waals surface area contributed by atoms with Crippen LogP contribution in [0.1, 0.15) is 22.3 Å². The number of benzene rings is 3. The molecule has 0 aliphatic rings. The number of aryl methyl sites for hydroxylation is 1. The molecule has 0 aliphatic carbocycles. The van der Waals surface area contributed by atoms with Gasteiger partial charge in [-0.15, -0.1) is 0 Å². The maximum atomic E-state index is 12.7. The molecule has 3 aromatic carbocycles. The van der Waals surface area contributed by atoms with Crippen molar-refractivity contribution < 1.29 is 19.9 Å². The third-order valence-corrected chi connectivity index (χ3v) is 5.04. The summed E-state index contributed by atoms with van der Waals surface area (Å²) in [6.45, 7) is 1.95. The molecule has 0 heterocycles. The van der Waals surface area contributed by atoms with E-state index in [2.05, 4.69) is 0 Å². The van der Waals surface area contributed by atoms with Gasteiger partial charge in [-0.1, -0.05) is 78.4 Å². The zero-order chi connectivity index (χ0) is 22.4. The van der Waals surface area contributed by atoms with Gasteiger partial charge in [0.25, 0.3) is 0 Å². The topological polar surface area (TPSA) is 77.8 Å². The average molecular weight is 415 g/mol. The smallest absolute Gasteiger partial charge is 0.250 e. The first kappa shape index (κ1) is 22.0. The van der Waals surface area contributed by atoms with Crippen molar-refractivity contribution >= 4 is 17.4 Å².